The number of amides is 1. The predicted molar refractivity (Wildman–Crippen MR) is 130 cm³/mol. The number of carbonyl (C=O) groups is 2. The van der Waals surface area contributed by atoms with Gasteiger partial charge in [0.25, 0.3) is 5.91 Å². The summed E-state index contributed by atoms with van der Waals surface area (Å²) < 4.78 is 56.0. The van der Waals surface area contributed by atoms with Crippen molar-refractivity contribution in [2.24, 2.45) is 5.92 Å². The molecule has 2 N–H and O–H groups in total. The lowest BCUT2D eigenvalue weighted by atomic mass is 9.95. The van der Waals surface area contributed by atoms with E-state index in [9.17, 15) is 32.3 Å². The fourth-order valence-corrected chi connectivity index (χ4v) is 3.80. The summed E-state index contributed by atoms with van der Waals surface area (Å²) in [5.41, 5.74) is 2.09. The summed E-state index contributed by atoms with van der Waals surface area (Å²) in [5.74, 6) is -2.09. The van der Waals surface area contributed by atoms with Gasteiger partial charge >= 0.3 is 12.3 Å². The molecule has 7 nitrogen and oxygen atoms in total. The van der Waals surface area contributed by atoms with E-state index < -0.39 is 23.9 Å². The molecular weight excluding hydrogens is 508 g/mol. The molecule has 0 saturated heterocycles. The van der Waals surface area contributed by atoms with Crippen molar-refractivity contribution in [1.29, 1.82) is 0 Å². The van der Waals surface area contributed by atoms with Gasteiger partial charge in [-0.1, -0.05) is 26.0 Å². The highest BCUT2D eigenvalue weighted by Crippen LogP contribution is 2.30. The third-order valence-electron chi connectivity index (χ3n) is 5.39. The number of aromatic carboxylic acids is 1. The molecule has 11 heteroatoms. The molecule has 3 aromatic rings. The molecule has 4 rings (SSSR count). The van der Waals surface area contributed by atoms with Crippen LogP contribution in [0.5, 0.6) is 11.5 Å². The fraction of sp³-hybridized carbons (Fsp3) is 0.296. The summed E-state index contributed by atoms with van der Waals surface area (Å²) in [5, 5.41) is 12.3. The molecule has 2 aromatic carbocycles. The van der Waals surface area contributed by atoms with Gasteiger partial charge in [0.05, 0.1) is 18.2 Å². The van der Waals surface area contributed by atoms with Crippen molar-refractivity contribution < 1.29 is 41.7 Å². The van der Waals surface area contributed by atoms with Gasteiger partial charge < -0.3 is 19.9 Å². The first-order chi connectivity index (χ1) is 17.9. The molecule has 0 radical (unpaired) electrons. The van der Waals surface area contributed by atoms with Crippen LogP contribution in [-0.4, -0.2) is 34.9 Å². The van der Waals surface area contributed by atoms with Crippen molar-refractivity contribution in [2.75, 3.05) is 6.61 Å². The minimum absolute atomic E-state index is 0.222. The third-order valence-corrected chi connectivity index (χ3v) is 5.39. The summed E-state index contributed by atoms with van der Waals surface area (Å²) >= 11 is 0. The standard InChI is InChI=1S/C20H22N2O4.C7H4F4O/c1-12(2)10-14-11-13(5-6-15(14)20(24)25)19(23)22-16-7-9-26-17-4-3-8-21-18(16)17;8-5-3-1-2-4-6(5)12-7(9,10)11/h3-6,8,11-12,16H,7,9-10H2,1-2H3,(H,22,23)(H,24,25);1-4H. The Morgan fingerprint density at radius 1 is 1.16 bits per heavy atom. The summed E-state index contributed by atoms with van der Waals surface area (Å²) in [7, 11) is 0. The molecule has 0 saturated carbocycles. The van der Waals surface area contributed by atoms with E-state index >= 15 is 0 Å². The largest absolute Gasteiger partial charge is 0.573 e. The number of carboxylic acids is 1. The highest BCUT2D eigenvalue weighted by molar-refractivity contribution is 5.97. The van der Waals surface area contributed by atoms with Gasteiger partial charge in [-0.2, -0.15) is 0 Å². The number of para-hydroxylation sites is 1. The lowest BCUT2D eigenvalue weighted by Crippen LogP contribution is -2.33. The quantitative estimate of drug-likeness (QED) is 0.379. The number of carboxylic acid groups (broad SMARTS) is 1. The van der Waals surface area contributed by atoms with Crippen LogP contribution in [0.3, 0.4) is 0 Å². The number of fused-ring (bicyclic) bond motifs is 1. The molecule has 2 heterocycles. The van der Waals surface area contributed by atoms with E-state index in [0.29, 0.717) is 36.3 Å². The number of pyridine rings is 1. The van der Waals surface area contributed by atoms with Gasteiger partial charge in [-0.05, 0) is 60.4 Å². The number of nitrogens with zero attached hydrogens (tertiary/aromatic N) is 1. The maximum Gasteiger partial charge on any atom is 0.573 e. The Bertz CT molecular complexity index is 1280. The first-order valence-corrected chi connectivity index (χ1v) is 11.7. The number of halogens is 4. The Hall–Kier alpha value is -4.15. The minimum atomic E-state index is -4.85. The van der Waals surface area contributed by atoms with E-state index in [1.54, 1.807) is 24.4 Å². The van der Waals surface area contributed by atoms with Gasteiger partial charge in [-0.3, -0.25) is 9.78 Å². The molecule has 1 amide bonds. The van der Waals surface area contributed by atoms with Crippen molar-refractivity contribution in [2.45, 2.75) is 39.1 Å². The molecule has 0 aliphatic carbocycles. The monoisotopic (exact) mass is 534 g/mol. The Labute approximate surface area is 216 Å². The Morgan fingerprint density at radius 2 is 1.89 bits per heavy atom. The van der Waals surface area contributed by atoms with Gasteiger partial charge in [0.1, 0.15) is 11.4 Å². The molecule has 202 valence electrons. The Balaban J connectivity index is 0.000000279. The summed E-state index contributed by atoms with van der Waals surface area (Å²) in [6.07, 6.45) is -1.93. The van der Waals surface area contributed by atoms with Crippen LogP contribution in [-0.2, 0) is 6.42 Å². The Morgan fingerprint density at radius 3 is 2.55 bits per heavy atom. The number of rotatable bonds is 6. The topological polar surface area (TPSA) is 97.8 Å². The van der Waals surface area contributed by atoms with Gasteiger partial charge in [0, 0.05) is 18.2 Å². The van der Waals surface area contributed by atoms with Crippen molar-refractivity contribution in [3.8, 4) is 11.5 Å². The molecule has 0 fully saturated rings. The maximum atomic E-state index is 12.7. The molecule has 1 aromatic heterocycles. The van der Waals surface area contributed by atoms with Crippen LogP contribution in [0, 0.1) is 11.7 Å². The summed E-state index contributed by atoms with van der Waals surface area (Å²) in [6.45, 7) is 4.55. The average Bonchev–Trinajstić information content (AvgIpc) is 2.85. The van der Waals surface area contributed by atoms with E-state index in [0.717, 1.165) is 17.8 Å². The van der Waals surface area contributed by atoms with Crippen LogP contribution < -0.4 is 14.8 Å². The molecular formula is C27H26F4N2O5. The Kier molecular flexibility index (Phi) is 9.27. The van der Waals surface area contributed by atoms with Gasteiger partial charge in [-0.25, -0.2) is 9.18 Å². The number of hydrogen-bond donors (Lipinski definition) is 2. The van der Waals surface area contributed by atoms with E-state index in [1.165, 1.54) is 18.2 Å². The van der Waals surface area contributed by atoms with Gasteiger partial charge in [0.15, 0.2) is 11.6 Å². The minimum Gasteiger partial charge on any atom is -0.491 e. The van der Waals surface area contributed by atoms with Gasteiger partial charge in [0.2, 0.25) is 0 Å². The SMILES string of the molecule is CC(C)Cc1cc(C(=O)NC2CCOc3cccnc32)ccc1C(=O)O.Fc1ccccc1OC(F)(F)F. The highest BCUT2D eigenvalue weighted by atomic mass is 19.4. The number of hydrogen-bond acceptors (Lipinski definition) is 5. The highest BCUT2D eigenvalue weighted by Gasteiger charge is 2.32. The second-order valence-corrected chi connectivity index (χ2v) is 8.80. The third kappa shape index (κ3) is 7.92. The smallest absolute Gasteiger partial charge is 0.491 e. The molecule has 1 atom stereocenters. The molecule has 1 unspecified atom stereocenters. The zero-order chi connectivity index (χ0) is 27.9. The van der Waals surface area contributed by atoms with E-state index in [1.807, 2.05) is 19.9 Å². The summed E-state index contributed by atoms with van der Waals surface area (Å²) in [4.78, 5) is 28.5. The average molecular weight is 535 g/mol. The predicted octanol–water partition coefficient (Wildman–Crippen LogP) is 5.96. The van der Waals surface area contributed by atoms with Crippen molar-refractivity contribution in [3.05, 3.63) is 89.0 Å². The second kappa shape index (κ2) is 12.4. The number of ether oxygens (including phenoxy) is 2. The number of aromatic nitrogens is 1. The molecule has 1 aliphatic rings. The lowest BCUT2D eigenvalue weighted by molar-refractivity contribution is -0.275. The number of alkyl halides is 3. The number of nitrogens with one attached hydrogen (secondary N) is 1. The maximum absolute atomic E-state index is 12.7. The summed E-state index contributed by atoms with van der Waals surface area (Å²) in [6, 6.07) is 12.5. The molecule has 0 bridgehead atoms. The fourth-order valence-electron chi connectivity index (χ4n) is 3.80. The normalized spacial score (nSPS) is 14.4. The molecule has 38 heavy (non-hydrogen) atoms. The first-order valence-electron chi connectivity index (χ1n) is 11.7. The second-order valence-electron chi connectivity index (χ2n) is 8.80. The zero-order valence-corrected chi connectivity index (χ0v) is 20.6. The number of carbonyl (C=O) groups excluding carboxylic acids is 1. The van der Waals surface area contributed by atoms with Crippen LogP contribution in [0.1, 0.15) is 58.3 Å². The number of benzene rings is 2. The van der Waals surface area contributed by atoms with Crippen LogP contribution in [0.25, 0.3) is 0 Å². The van der Waals surface area contributed by atoms with Crippen LogP contribution in [0.15, 0.2) is 60.8 Å². The zero-order valence-electron chi connectivity index (χ0n) is 20.6. The van der Waals surface area contributed by atoms with E-state index in [2.05, 4.69) is 15.0 Å². The first kappa shape index (κ1) is 28.4. The van der Waals surface area contributed by atoms with E-state index in [-0.39, 0.29) is 23.4 Å². The molecule has 1 aliphatic heterocycles. The lowest BCUT2D eigenvalue weighted by Gasteiger charge is -2.25. The van der Waals surface area contributed by atoms with Gasteiger partial charge in [-0.15, -0.1) is 13.2 Å². The van der Waals surface area contributed by atoms with Crippen LogP contribution in [0.2, 0.25) is 0 Å². The van der Waals surface area contributed by atoms with Crippen LogP contribution in [0.4, 0.5) is 17.6 Å². The van der Waals surface area contributed by atoms with Crippen molar-refractivity contribution in [3.63, 3.8) is 0 Å². The van der Waals surface area contributed by atoms with Crippen molar-refractivity contribution >= 4 is 11.9 Å². The van der Waals surface area contributed by atoms with Crippen LogP contribution >= 0.6 is 0 Å². The van der Waals surface area contributed by atoms with E-state index in [4.69, 9.17) is 4.74 Å². The van der Waals surface area contributed by atoms with Crippen molar-refractivity contribution in [1.82, 2.24) is 10.3 Å². The molecule has 0 spiro atoms.